The molecule has 1 atom stereocenters. The summed E-state index contributed by atoms with van der Waals surface area (Å²) < 4.78 is 0. The summed E-state index contributed by atoms with van der Waals surface area (Å²) >= 11 is 0. The van der Waals surface area contributed by atoms with Crippen LogP contribution < -0.4 is 11.1 Å². The lowest BCUT2D eigenvalue weighted by Crippen LogP contribution is -2.35. The summed E-state index contributed by atoms with van der Waals surface area (Å²) in [5.41, 5.74) is 8.44. The number of nitrogens with one attached hydrogen (secondary N) is 1. The van der Waals surface area contributed by atoms with Gasteiger partial charge in [-0.2, -0.15) is 0 Å². The first kappa shape index (κ1) is 22.2. The standard InChI is InChI=1S/C20H34N4.HI/c1-4-12-24-13-10-17(11-14-24)15-22-20(21)23-19-8-6-18(7-9-19)16(3)5-2;/h6-9,16-17H,4-5,10-15H2,1-3H3,(H3,21,22,23);1H. The molecule has 0 aromatic heterocycles. The van der Waals surface area contributed by atoms with E-state index in [0.29, 0.717) is 17.8 Å². The summed E-state index contributed by atoms with van der Waals surface area (Å²) in [7, 11) is 0. The number of benzene rings is 1. The lowest BCUT2D eigenvalue weighted by Gasteiger charge is -2.30. The number of nitrogens with two attached hydrogens (primary N) is 1. The molecule has 5 heteroatoms. The smallest absolute Gasteiger partial charge is 0.193 e. The van der Waals surface area contributed by atoms with Gasteiger partial charge in [0.2, 0.25) is 0 Å². The van der Waals surface area contributed by atoms with Crippen molar-refractivity contribution in [1.82, 2.24) is 4.90 Å². The van der Waals surface area contributed by atoms with Crippen LogP contribution in [0.1, 0.15) is 57.9 Å². The maximum absolute atomic E-state index is 6.05. The third-order valence-electron chi connectivity index (χ3n) is 5.13. The van der Waals surface area contributed by atoms with E-state index >= 15 is 0 Å². The Bertz CT molecular complexity index is 507. The molecule has 2 rings (SSSR count). The van der Waals surface area contributed by atoms with Crippen LogP contribution in [0, 0.1) is 5.92 Å². The second kappa shape index (κ2) is 11.7. The van der Waals surface area contributed by atoms with Crippen LogP contribution in [0.4, 0.5) is 5.69 Å². The van der Waals surface area contributed by atoms with E-state index < -0.39 is 0 Å². The molecule has 1 aromatic carbocycles. The largest absolute Gasteiger partial charge is 0.370 e. The molecule has 0 aliphatic carbocycles. The Morgan fingerprint density at radius 2 is 1.88 bits per heavy atom. The molecule has 1 aromatic rings. The Morgan fingerprint density at radius 1 is 1.24 bits per heavy atom. The molecule has 1 saturated heterocycles. The molecule has 3 N–H and O–H groups in total. The van der Waals surface area contributed by atoms with E-state index in [1.807, 2.05) is 0 Å². The number of halogens is 1. The van der Waals surface area contributed by atoms with Crippen molar-refractivity contribution < 1.29 is 0 Å². The average Bonchev–Trinajstić information content (AvgIpc) is 2.61. The Morgan fingerprint density at radius 3 is 2.44 bits per heavy atom. The summed E-state index contributed by atoms with van der Waals surface area (Å²) in [5, 5.41) is 3.21. The zero-order chi connectivity index (χ0) is 17.4. The van der Waals surface area contributed by atoms with E-state index in [9.17, 15) is 0 Å². The second-order valence-electron chi connectivity index (χ2n) is 7.07. The minimum Gasteiger partial charge on any atom is -0.370 e. The van der Waals surface area contributed by atoms with Crippen LogP contribution >= 0.6 is 24.0 Å². The monoisotopic (exact) mass is 458 g/mol. The molecule has 0 bridgehead atoms. The fourth-order valence-electron chi connectivity index (χ4n) is 3.25. The van der Waals surface area contributed by atoms with Gasteiger partial charge in [-0.3, -0.25) is 4.99 Å². The molecule has 1 aliphatic heterocycles. The van der Waals surface area contributed by atoms with Gasteiger partial charge in [-0.15, -0.1) is 24.0 Å². The highest BCUT2D eigenvalue weighted by Crippen LogP contribution is 2.20. The molecule has 142 valence electrons. The molecule has 4 nitrogen and oxygen atoms in total. The quantitative estimate of drug-likeness (QED) is 0.355. The first-order valence-electron chi connectivity index (χ1n) is 9.51. The summed E-state index contributed by atoms with van der Waals surface area (Å²) in [6.07, 6.45) is 4.88. The van der Waals surface area contributed by atoms with Crippen molar-refractivity contribution in [2.75, 3.05) is 31.5 Å². The maximum atomic E-state index is 6.05. The van der Waals surface area contributed by atoms with Gasteiger partial charge in [0.15, 0.2) is 5.96 Å². The molecular weight excluding hydrogens is 423 g/mol. The minimum absolute atomic E-state index is 0. The first-order chi connectivity index (χ1) is 11.6. The van der Waals surface area contributed by atoms with Gasteiger partial charge in [0.05, 0.1) is 0 Å². The van der Waals surface area contributed by atoms with Gasteiger partial charge < -0.3 is 16.0 Å². The van der Waals surface area contributed by atoms with Gasteiger partial charge in [0, 0.05) is 12.2 Å². The number of guanidine groups is 1. The zero-order valence-corrected chi connectivity index (χ0v) is 18.3. The van der Waals surface area contributed by atoms with E-state index in [-0.39, 0.29) is 24.0 Å². The topological polar surface area (TPSA) is 53.6 Å². The SMILES string of the molecule is CCCN1CCC(CN=C(N)Nc2ccc(C(C)CC)cc2)CC1.I. The lowest BCUT2D eigenvalue weighted by atomic mass is 9.97. The fourth-order valence-corrected chi connectivity index (χ4v) is 3.25. The molecule has 0 radical (unpaired) electrons. The Labute approximate surface area is 170 Å². The Balaban J connectivity index is 0.00000312. The minimum atomic E-state index is 0. The normalized spacial score (nSPS) is 17.8. The number of likely N-dealkylation sites (tertiary alicyclic amines) is 1. The number of nitrogens with zero attached hydrogens (tertiary/aromatic N) is 2. The van der Waals surface area contributed by atoms with Gasteiger partial charge in [-0.25, -0.2) is 0 Å². The van der Waals surface area contributed by atoms with Crippen LogP contribution in [0.5, 0.6) is 0 Å². The molecule has 0 saturated carbocycles. The molecule has 1 heterocycles. The van der Waals surface area contributed by atoms with Gasteiger partial charge in [-0.05, 0) is 74.8 Å². The summed E-state index contributed by atoms with van der Waals surface area (Å²) in [6, 6.07) is 8.53. The van der Waals surface area contributed by atoms with Crippen molar-refractivity contribution in [3.8, 4) is 0 Å². The van der Waals surface area contributed by atoms with Crippen molar-refractivity contribution in [3.05, 3.63) is 29.8 Å². The van der Waals surface area contributed by atoms with E-state index in [1.54, 1.807) is 0 Å². The third-order valence-corrected chi connectivity index (χ3v) is 5.13. The summed E-state index contributed by atoms with van der Waals surface area (Å²) in [6.45, 7) is 11.2. The summed E-state index contributed by atoms with van der Waals surface area (Å²) in [5.74, 6) is 1.80. The van der Waals surface area contributed by atoms with Crippen LogP contribution in [-0.2, 0) is 0 Å². The van der Waals surface area contributed by atoms with Gasteiger partial charge in [-0.1, -0.05) is 32.9 Å². The van der Waals surface area contributed by atoms with Gasteiger partial charge >= 0.3 is 0 Å². The fraction of sp³-hybridized carbons (Fsp3) is 0.650. The van der Waals surface area contributed by atoms with Crippen LogP contribution in [0.2, 0.25) is 0 Å². The molecule has 1 unspecified atom stereocenters. The molecular formula is C20H35IN4. The van der Waals surface area contributed by atoms with Crippen molar-refractivity contribution in [2.24, 2.45) is 16.6 Å². The molecule has 1 aliphatic rings. The van der Waals surface area contributed by atoms with Crippen molar-refractivity contribution in [1.29, 1.82) is 0 Å². The van der Waals surface area contributed by atoms with Crippen LogP contribution in [-0.4, -0.2) is 37.0 Å². The zero-order valence-electron chi connectivity index (χ0n) is 16.0. The highest BCUT2D eigenvalue weighted by Gasteiger charge is 2.18. The molecule has 1 fully saturated rings. The van der Waals surface area contributed by atoms with Crippen molar-refractivity contribution >= 4 is 35.6 Å². The van der Waals surface area contributed by atoms with Crippen LogP contribution in [0.3, 0.4) is 0 Å². The summed E-state index contributed by atoms with van der Waals surface area (Å²) in [4.78, 5) is 7.11. The van der Waals surface area contributed by atoms with E-state index in [2.05, 4.69) is 60.2 Å². The predicted molar refractivity (Wildman–Crippen MR) is 120 cm³/mol. The Kier molecular flexibility index (Phi) is 10.4. The third kappa shape index (κ3) is 7.52. The molecule has 0 amide bonds. The first-order valence-corrected chi connectivity index (χ1v) is 9.51. The number of hydrogen-bond donors (Lipinski definition) is 2. The van der Waals surface area contributed by atoms with Crippen molar-refractivity contribution in [2.45, 2.75) is 52.4 Å². The van der Waals surface area contributed by atoms with Gasteiger partial charge in [0.25, 0.3) is 0 Å². The number of piperidine rings is 1. The van der Waals surface area contributed by atoms with Gasteiger partial charge in [0.1, 0.15) is 0 Å². The number of rotatable bonds is 7. The molecule has 0 spiro atoms. The average molecular weight is 458 g/mol. The van der Waals surface area contributed by atoms with Crippen LogP contribution in [0.25, 0.3) is 0 Å². The van der Waals surface area contributed by atoms with E-state index in [4.69, 9.17) is 5.73 Å². The van der Waals surface area contributed by atoms with E-state index in [1.165, 1.54) is 44.5 Å². The molecule has 25 heavy (non-hydrogen) atoms. The maximum Gasteiger partial charge on any atom is 0.193 e. The van der Waals surface area contributed by atoms with Crippen molar-refractivity contribution in [3.63, 3.8) is 0 Å². The Hall–Kier alpha value is -0.820. The predicted octanol–water partition coefficient (Wildman–Crippen LogP) is 4.67. The second-order valence-corrected chi connectivity index (χ2v) is 7.07. The number of hydrogen-bond acceptors (Lipinski definition) is 2. The lowest BCUT2D eigenvalue weighted by molar-refractivity contribution is 0.188. The highest BCUT2D eigenvalue weighted by atomic mass is 127. The number of anilines is 1. The number of aliphatic imine (C=N–C) groups is 1. The highest BCUT2D eigenvalue weighted by molar-refractivity contribution is 14.0. The van der Waals surface area contributed by atoms with Crippen LogP contribution in [0.15, 0.2) is 29.3 Å². The van der Waals surface area contributed by atoms with E-state index in [0.717, 1.165) is 18.7 Å².